The van der Waals surface area contributed by atoms with Crippen molar-refractivity contribution in [3.8, 4) is 0 Å². The van der Waals surface area contributed by atoms with Gasteiger partial charge >= 0.3 is 0 Å². The first-order valence-corrected chi connectivity index (χ1v) is 7.81. The highest BCUT2D eigenvalue weighted by Crippen LogP contribution is 2.18. The van der Waals surface area contributed by atoms with Crippen LogP contribution in [0.1, 0.15) is 10.4 Å². The van der Waals surface area contributed by atoms with Gasteiger partial charge < -0.3 is 9.80 Å². The van der Waals surface area contributed by atoms with Gasteiger partial charge in [0.25, 0.3) is 5.91 Å². The molecule has 1 aliphatic rings. The van der Waals surface area contributed by atoms with Crippen molar-refractivity contribution in [2.45, 2.75) is 0 Å². The molecule has 6 nitrogen and oxygen atoms in total. The van der Waals surface area contributed by atoms with E-state index in [0.29, 0.717) is 31.7 Å². The minimum atomic E-state index is -0.391. The second-order valence-corrected chi connectivity index (χ2v) is 5.69. The molecular weight excluding hydrogens is 309 g/mol. The molecule has 0 spiro atoms. The molecule has 3 heterocycles. The van der Waals surface area contributed by atoms with Gasteiger partial charge in [-0.25, -0.2) is 9.37 Å². The summed E-state index contributed by atoms with van der Waals surface area (Å²) < 4.78 is 15.1. The summed E-state index contributed by atoms with van der Waals surface area (Å²) in [6.07, 6.45) is 3.48. The fraction of sp³-hybridized carbons (Fsp3) is 0.235. The molecule has 24 heavy (non-hydrogen) atoms. The number of benzene rings is 1. The molecule has 4 rings (SSSR count). The number of hydrogen-bond acceptors (Lipinski definition) is 4. The van der Waals surface area contributed by atoms with Gasteiger partial charge in [0, 0.05) is 44.0 Å². The number of amides is 1. The van der Waals surface area contributed by atoms with E-state index >= 15 is 0 Å². The van der Waals surface area contributed by atoms with Crippen LogP contribution >= 0.6 is 0 Å². The van der Waals surface area contributed by atoms with Crippen molar-refractivity contribution in [3.05, 3.63) is 60.2 Å². The van der Waals surface area contributed by atoms with Crippen molar-refractivity contribution in [1.82, 2.24) is 19.5 Å². The summed E-state index contributed by atoms with van der Waals surface area (Å²) in [5, 5.41) is 4.30. The third-order valence-electron chi connectivity index (χ3n) is 4.23. The van der Waals surface area contributed by atoms with E-state index in [0.717, 1.165) is 11.5 Å². The first kappa shape index (κ1) is 14.6. The summed E-state index contributed by atoms with van der Waals surface area (Å²) in [6.45, 7) is 2.56. The highest BCUT2D eigenvalue weighted by molar-refractivity contribution is 5.94. The Hall–Kier alpha value is -2.96. The maximum Gasteiger partial charge on any atom is 0.254 e. The number of aromatic nitrogens is 3. The number of hydrogen-bond donors (Lipinski definition) is 0. The average molecular weight is 325 g/mol. The van der Waals surface area contributed by atoms with Crippen molar-refractivity contribution in [3.63, 3.8) is 0 Å². The molecule has 0 atom stereocenters. The summed E-state index contributed by atoms with van der Waals surface area (Å²) in [6, 6.07) is 9.60. The first-order valence-electron chi connectivity index (χ1n) is 7.81. The number of fused-ring (bicyclic) bond motifs is 1. The van der Waals surface area contributed by atoms with Crippen LogP contribution in [0.5, 0.6) is 0 Å². The van der Waals surface area contributed by atoms with E-state index in [4.69, 9.17) is 0 Å². The van der Waals surface area contributed by atoms with Crippen LogP contribution in [0.15, 0.2) is 48.8 Å². The highest BCUT2D eigenvalue weighted by Gasteiger charge is 2.23. The number of carbonyl (C=O) groups excluding carboxylic acids is 1. The van der Waals surface area contributed by atoms with Crippen LogP contribution in [0.4, 0.5) is 10.2 Å². The smallest absolute Gasteiger partial charge is 0.254 e. The molecule has 0 unspecified atom stereocenters. The number of piperazine rings is 1. The van der Waals surface area contributed by atoms with Crippen LogP contribution in [-0.2, 0) is 0 Å². The van der Waals surface area contributed by atoms with Gasteiger partial charge in [-0.1, -0.05) is 6.07 Å². The molecule has 0 radical (unpaired) electrons. The molecule has 1 saturated heterocycles. The van der Waals surface area contributed by atoms with Crippen LogP contribution in [0.25, 0.3) is 5.65 Å². The summed E-state index contributed by atoms with van der Waals surface area (Å²) >= 11 is 0. The van der Waals surface area contributed by atoms with E-state index in [9.17, 15) is 9.18 Å². The Balaban J connectivity index is 1.49. The predicted octanol–water partition coefficient (Wildman–Crippen LogP) is 1.83. The molecule has 1 amide bonds. The Morgan fingerprint density at radius 2 is 1.88 bits per heavy atom. The van der Waals surface area contributed by atoms with Gasteiger partial charge in [-0.3, -0.25) is 4.79 Å². The van der Waals surface area contributed by atoms with Crippen molar-refractivity contribution < 1.29 is 9.18 Å². The number of carbonyl (C=O) groups is 1. The molecule has 7 heteroatoms. The van der Waals surface area contributed by atoms with Gasteiger partial charge in [-0.2, -0.15) is 9.61 Å². The van der Waals surface area contributed by atoms with E-state index < -0.39 is 5.82 Å². The summed E-state index contributed by atoms with van der Waals surface area (Å²) in [4.78, 5) is 20.7. The van der Waals surface area contributed by atoms with Crippen molar-refractivity contribution in [2.75, 3.05) is 31.1 Å². The Morgan fingerprint density at radius 1 is 1.04 bits per heavy atom. The molecule has 3 aromatic rings. The fourth-order valence-corrected chi connectivity index (χ4v) is 3.00. The third kappa shape index (κ3) is 2.58. The lowest BCUT2D eigenvalue weighted by atomic mass is 10.1. The maximum atomic E-state index is 13.3. The summed E-state index contributed by atoms with van der Waals surface area (Å²) in [7, 11) is 0. The van der Waals surface area contributed by atoms with Crippen molar-refractivity contribution in [1.29, 1.82) is 0 Å². The zero-order chi connectivity index (χ0) is 16.5. The van der Waals surface area contributed by atoms with E-state index in [1.165, 1.54) is 12.1 Å². The molecule has 122 valence electrons. The Kier molecular flexibility index (Phi) is 3.60. The highest BCUT2D eigenvalue weighted by atomic mass is 19.1. The average Bonchev–Trinajstić information content (AvgIpc) is 3.10. The fourth-order valence-electron chi connectivity index (χ4n) is 3.00. The van der Waals surface area contributed by atoms with Crippen LogP contribution in [0, 0.1) is 5.82 Å². The standard InChI is InChI=1S/C17H16FN5O/c18-14-3-1-2-13(12-14)17(24)22-10-8-21(9-11-22)16-5-6-19-15-4-7-20-23(15)16/h1-7,12H,8-11H2. The molecule has 0 bridgehead atoms. The van der Waals surface area contributed by atoms with E-state index in [1.54, 1.807) is 33.9 Å². The molecule has 0 aliphatic carbocycles. The monoisotopic (exact) mass is 325 g/mol. The zero-order valence-electron chi connectivity index (χ0n) is 13.0. The lowest BCUT2D eigenvalue weighted by Gasteiger charge is -2.36. The number of nitrogens with zero attached hydrogens (tertiary/aromatic N) is 5. The predicted molar refractivity (Wildman–Crippen MR) is 87.5 cm³/mol. The number of halogens is 1. The molecule has 2 aromatic heterocycles. The first-order chi connectivity index (χ1) is 11.7. The molecule has 0 saturated carbocycles. The van der Waals surface area contributed by atoms with Crippen LogP contribution in [0.3, 0.4) is 0 Å². The summed E-state index contributed by atoms with van der Waals surface area (Å²) in [5.74, 6) is 0.438. The molecule has 1 aromatic carbocycles. The van der Waals surface area contributed by atoms with Gasteiger partial charge in [0.05, 0.1) is 6.20 Å². The second kappa shape index (κ2) is 5.92. The summed E-state index contributed by atoms with van der Waals surface area (Å²) in [5.41, 5.74) is 1.19. The second-order valence-electron chi connectivity index (χ2n) is 5.69. The quantitative estimate of drug-likeness (QED) is 0.721. The minimum Gasteiger partial charge on any atom is -0.353 e. The maximum absolute atomic E-state index is 13.3. The normalized spacial score (nSPS) is 15.0. The van der Waals surface area contributed by atoms with Crippen LogP contribution < -0.4 is 4.90 Å². The van der Waals surface area contributed by atoms with Gasteiger partial charge in [0.1, 0.15) is 11.6 Å². The van der Waals surface area contributed by atoms with E-state index in [-0.39, 0.29) is 5.91 Å². The van der Waals surface area contributed by atoms with E-state index in [1.807, 2.05) is 12.1 Å². The molecular formula is C17H16FN5O. The van der Waals surface area contributed by atoms with Crippen molar-refractivity contribution in [2.24, 2.45) is 0 Å². The molecule has 1 fully saturated rings. The Bertz CT molecular complexity index is 885. The lowest BCUT2D eigenvalue weighted by Crippen LogP contribution is -2.49. The van der Waals surface area contributed by atoms with Gasteiger partial charge in [-0.15, -0.1) is 0 Å². The Morgan fingerprint density at radius 3 is 2.67 bits per heavy atom. The SMILES string of the molecule is O=C(c1cccc(F)c1)N1CCN(c2ccnc3ccnn23)CC1. The number of rotatable bonds is 2. The zero-order valence-corrected chi connectivity index (χ0v) is 13.0. The van der Waals surface area contributed by atoms with Gasteiger partial charge in [0.2, 0.25) is 0 Å². The van der Waals surface area contributed by atoms with E-state index in [2.05, 4.69) is 15.0 Å². The topological polar surface area (TPSA) is 53.7 Å². The van der Waals surface area contributed by atoms with Crippen LogP contribution in [0.2, 0.25) is 0 Å². The third-order valence-corrected chi connectivity index (χ3v) is 4.23. The number of anilines is 1. The lowest BCUT2D eigenvalue weighted by molar-refractivity contribution is 0.0746. The van der Waals surface area contributed by atoms with Crippen LogP contribution in [-0.4, -0.2) is 51.6 Å². The van der Waals surface area contributed by atoms with Crippen molar-refractivity contribution >= 4 is 17.4 Å². The largest absolute Gasteiger partial charge is 0.353 e. The minimum absolute atomic E-state index is 0.131. The Labute approximate surface area is 138 Å². The molecule has 1 aliphatic heterocycles. The van der Waals surface area contributed by atoms with Gasteiger partial charge in [0.15, 0.2) is 5.65 Å². The van der Waals surface area contributed by atoms with Gasteiger partial charge in [-0.05, 0) is 24.3 Å². The molecule has 0 N–H and O–H groups in total.